The van der Waals surface area contributed by atoms with E-state index in [4.69, 9.17) is 27.5 Å². The molecule has 1 spiro atoms. The van der Waals surface area contributed by atoms with E-state index < -0.39 is 0 Å². The van der Waals surface area contributed by atoms with Gasteiger partial charge < -0.3 is 9.47 Å². The lowest BCUT2D eigenvalue weighted by molar-refractivity contribution is 0.00735. The standard InChI is InChI=1S/C9H16N2O2S/c10-11-8(14)13-7-5-9(12-6-7)3-1-2-4-9/h7H,1-6,10H2,(H,11,14). The number of hydrogen-bond donors (Lipinski definition) is 2. The second-order valence-corrected chi connectivity index (χ2v) is 4.45. The lowest BCUT2D eigenvalue weighted by atomic mass is 9.97. The molecule has 0 radical (unpaired) electrons. The average Bonchev–Trinajstić information content (AvgIpc) is 2.78. The van der Waals surface area contributed by atoms with Crippen molar-refractivity contribution in [2.75, 3.05) is 6.61 Å². The van der Waals surface area contributed by atoms with E-state index in [1.54, 1.807) is 0 Å². The zero-order valence-electron chi connectivity index (χ0n) is 8.12. The topological polar surface area (TPSA) is 56.5 Å². The van der Waals surface area contributed by atoms with Crippen LogP contribution >= 0.6 is 12.2 Å². The van der Waals surface area contributed by atoms with Crippen molar-refractivity contribution in [2.45, 2.75) is 43.8 Å². The van der Waals surface area contributed by atoms with Crippen molar-refractivity contribution in [2.24, 2.45) is 5.84 Å². The Morgan fingerprint density at radius 3 is 2.86 bits per heavy atom. The van der Waals surface area contributed by atoms with Crippen molar-refractivity contribution in [1.29, 1.82) is 0 Å². The molecule has 0 aromatic heterocycles. The van der Waals surface area contributed by atoms with Crippen LogP contribution in [0.5, 0.6) is 0 Å². The number of nitrogens with two attached hydrogens (primary N) is 1. The summed E-state index contributed by atoms with van der Waals surface area (Å²) < 4.78 is 11.2. The van der Waals surface area contributed by atoms with Crippen molar-refractivity contribution in [3.63, 3.8) is 0 Å². The zero-order chi connectivity index (χ0) is 10.0. The number of ether oxygens (including phenoxy) is 2. The summed E-state index contributed by atoms with van der Waals surface area (Å²) in [4.78, 5) is 0. The fourth-order valence-corrected chi connectivity index (χ4v) is 2.57. The molecule has 1 aliphatic carbocycles. The first-order chi connectivity index (χ1) is 6.74. The van der Waals surface area contributed by atoms with Gasteiger partial charge in [0.1, 0.15) is 6.10 Å². The number of rotatable bonds is 1. The maximum Gasteiger partial charge on any atom is 0.271 e. The molecule has 1 saturated heterocycles. The van der Waals surface area contributed by atoms with Crippen molar-refractivity contribution < 1.29 is 9.47 Å². The lowest BCUT2D eigenvalue weighted by Crippen LogP contribution is -2.34. The molecule has 0 amide bonds. The van der Waals surface area contributed by atoms with Gasteiger partial charge in [0.05, 0.1) is 12.2 Å². The van der Waals surface area contributed by atoms with Gasteiger partial charge in [-0.2, -0.15) is 0 Å². The largest absolute Gasteiger partial charge is 0.464 e. The van der Waals surface area contributed by atoms with Crippen LogP contribution in [0.15, 0.2) is 0 Å². The predicted molar refractivity (Wildman–Crippen MR) is 56.6 cm³/mol. The van der Waals surface area contributed by atoms with Gasteiger partial charge in [-0.05, 0) is 25.1 Å². The average molecular weight is 216 g/mol. The van der Waals surface area contributed by atoms with Crippen LogP contribution in [-0.2, 0) is 9.47 Å². The summed E-state index contributed by atoms with van der Waals surface area (Å²) in [5, 5.41) is 0.258. The summed E-state index contributed by atoms with van der Waals surface area (Å²) in [6, 6.07) is 0. The molecule has 80 valence electrons. The summed E-state index contributed by atoms with van der Waals surface area (Å²) >= 11 is 4.84. The number of thiocarbonyl (C=S) groups is 1. The van der Waals surface area contributed by atoms with Gasteiger partial charge in [0, 0.05) is 6.42 Å². The Kier molecular flexibility index (Phi) is 2.90. The molecule has 1 aliphatic heterocycles. The molecule has 0 bridgehead atoms. The zero-order valence-corrected chi connectivity index (χ0v) is 8.94. The van der Waals surface area contributed by atoms with Crippen molar-refractivity contribution in [1.82, 2.24) is 5.43 Å². The highest BCUT2D eigenvalue weighted by Gasteiger charge is 2.43. The highest BCUT2D eigenvalue weighted by Crippen LogP contribution is 2.41. The molecule has 1 saturated carbocycles. The van der Waals surface area contributed by atoms with E-state index in [0.717, 1.165) is 19.3 Å². The SMILES string of the molecule is NNC(=S)OC1COC2(CCCC2)C1. The summed E-state index contributed by atoms with van der Waals surface area (Å²) in [6.07, 6.45) is 5.90. The summed E-state index contributed by atoms with van der Waals surface area (Å²) in [7, 11) is 0. The quantitative estimate of drug-likeness (QED) is 0.387. The molecule has 5 heteroatoms. The van der Waals surface area contributed by atoms with Crippen LogP contribution in [0.25, 0.3) is 0 Å². The van der Waals surface area contributed by atoms with Crippen molar-refractivity contribution >= 4 is 17.4 Å². The Morgan fingerprint density at radius 2 is 2.21 bits per heavy atom. The van der Waals surface area contributed by atoms with Gasteiger partial charge in [0.2, 0.25) is 0 Å². The van der Waals surface area contributed by atoms with Gasteiger partial charge in [-0.25, -0.2) is 5.84 Å². The van der Waals surface area contributed by atoms with E-state index in [9.17, 15) is 0 Å². The Hall–Kier alpha value is -0.390. The lowest BCUT2D eigenvalue weighted by Gasteiger charge is -2.21. The molecule has 2 fully saturated rings. The van der Waals surface area contributed by atoms with Crippen LogP contribution in [0.1, 0.15) is 32.1 Å². The Balaban J connectivity index is 1.85. The van der Waals surface area contributed by atoms with Crippen LogP contribution in [0.3, 0.4) is 0 Å². The van der Waals surface area contributed by atoms with Gasteiger partial charge in [0.25, 0.3) is 5.17 Å². The second-order valence-electron chi connectivity index (χ2n) is 4.08. The van der Waals surface area contributed by atoms with E-state index >= 15 is 0 Å². The Morgan fingerprint density at radius 1 is 1.50 bits per heavy atom. The fraction of sp³-hybridized carbons (Fsp3) is 0.889. The molecule has 4 nitrogen and oxygen atoms in total. The van der Waals surface area contributed by atoms with Crippen LogP contribution in [0, 0.1) is 0 Å². The third-order valence-electron chi connectivity index (χ3n) is 3.08. The molecule has 2 aliphatic rings. The molecular formula is C9H16N2O2S. The first kappa shape index (κ1) is 10.1. The van der Waals surface area contributed by atoms with Gasteiger partial charge in [0.15, 0.2) is 0 Å². The predicted octanol–water partition coefficient (Wildman–Crippen LogP) is 0.853. The maximum atomic E-state index is 5.81. The monoisotopic (exact) mass is 216 g/mol. The molecule has 0 aromatic carbocycles. The molecular weight excluding hydrogens is 200 g/mol. The van der Waals surface area contributed by atoms with Crippen LogP contribution in [-0.4, -0.2) is 23.5 Å². The highest BCUT2D eigenvalue weighted by atomic mass is 32.1. The minimum absolute atomic E-state index is 0.0802. The molecule has 14 heavy (non-hydrogen) atoms. The first-order valence-electron chi connectivity index (χ1n) is 5.05. The third-order valence-corrected chi connectivity index (χ3v) is 3.30. The van der Waals surface area contributed by atoms with Crippen LogP contribution in [0.2, 0.25) is 0 Å². The molecule has 2 rings (SSSR count). The molecule has 3 N–H and O–H groups in total. The molecule has 1 atom stereocenters. The van der Waals surface area contributed by atoms with Gasteiger partial charge in [-0.1, -0.05) is 12.8 Å². The van der Waals surface area contributed by atoms with E-state index in [2.05, 4.69) is 5.43 Å². The second kappa shape index (κ2) is 4.00. The summed E-state index contributed by atoms with van der Waals surface area (Å²) in [5.74, 6) is 5.14. The van der Waals surface area contributed by atoms with Crippen LogP contribution < -0.4 is 11.3 Å². The normalized spacial score (nSPS) is 29.4. The number of nitrogens with one attached hydrogen (secondary N) is 1. The van der Waals surface area contributed by atoms with Gasteiger partial charge in [-0.15, -0.1) is 0 Å². The summed E-state index contributed by atoms with van der Waals surface area (Å²) in [6.45, 7) is 0.641. The summed E-state index contributed by atoms with van der Waals surface area (Å²) in [5.41, 5.74) is 2.42. The highest BCUT2D eigenvalue weighted by molar-refractivity contribution is 7.80. The van der Waals surface area contributed by atoms with E-state index in [1.807, 2.05) is 0 Å². The molecule has 1 heterocycles. The van der Waals surface area contributed by atoms with Crippen LogP contribution in [0.4, 0.5) is 0 Å². The first-order valence-corrected chi connectivity index (χ1v) is 5.46. The number of hydrazine groups is 1. The Bertz CT molecular complexity index is 229. The van der Waals surface area contributed by atoms with Crippen molar-refractivity contribution in [3.05, 3.63) is 0 Å². The molecule has 1 unspecified atom stereocenters. The smallest absolute Gasteiger partial charge is 0.271 e. The maximum absolute atomic E-state index is 5.81. The minimum Gasteiger partial charge on any atom is -0.464 e. The van der Waals surface area contributed by atoms with E-state index in [-0.39, 0.29) is 16.9 Å². The molecule has 0 aromatic rings. The Labute approximate surface area is 89.1 Å². The fourth-order valence-electron chi connectivity index (χ4n) is 2.43. The van der Waals surface area contributed by atoms with Crippen molar-refractivity contribution in [3.8, 4) is 0 Å². The minimum atomic E-state index is 0.0802. The van der Waals surface area contributed by atoms with Gasteiger partial charge in [-0.3, -0.25) is 5.43 Å². The third kappa shape index (κ3) is 1.99. The van der Waals surface area contributed by atoms with E-state index in [0.29, 0.717) is 6.61 Å². The van der Waals surface area contributed by atoms with Gasteiger partial charge >= 0.3 is 0 Å². The number of hydrogen-bond acceptors (Lipinski definition) is 4. The van der Waals surface area contributed by atoms with E-state index in [1.165, 1.54) is 12.8 Å².